The van der Waals surface area contributed by atoms with Crippen molar-refractivity contribution >= 4 is 50.7 Å². The van der Waals surface area contributed by atoms with Gasteiger partial charge in [-0.1, -0.05) is 11.6 Å². The second kappa shape index (κ2) is 9.34. The Morgan fingerprint density at radius 1 is 1.29 bits per heavy atom. The van der Waals surface area contributed by atoms with Crippen molar-refractivity contribution in [3.63, 3.8) is 0 Å². The smallest absolute Gasteiger partial charge is 0.280 e. The zero-order chi connectivity index (χ0) is 25.6. The zero-order valence-corrected chi connectivity index (χ0v) is 20.8. The lowest BCUT2D eigenvalue weighted by atomic mass is 10.0. The van der Waals surface area contributed by atoms with Gasteiger partial charge in [0.15, 0.2) is 0 Å². The molecule has 0 saturated heterocycles. The topological polar surface area (TPSA) is 121 Å². The lowest BCUT2D eigenvalue weighted by molar-refractivity contribution is -0.119. The van der Waals surface area contributed by atoms with Crippen LogP contribution in [0, 0.1) is 13.8 Å². The summed E-state index contributed by atoms with van der Waals surface area (Å²) < 4.78 is 30.5. The van der Waals surface area contributed by atoms with Crippen LogP contribution < -0.4 is 11.1 Å². The van der Waals surface area contributed by atoms with Crippen LogP contribution >= 0.6 is 22.9 Å². The van der Waals surface area contributed by atoms with Crippen LogP contribution in [-0.2, 0) is 11.3 Å². The number of amides is 2. The quantitative estimate of drug-likeness (QED) is 0.359. The molecule has 9 nitrogen and oxygen atoms in total. The summed E-state index contributed by atoms with van der Waals surface area (Å²) in [4.78, 5) is 29.7. The average Bonchev–Trinajstić information content (AvgIpc) is 3.48. The Morgan fingerprint density at radius 2 is 2.00 bits per heavy atom. The first-order chi connectivity index (χ1) is 16.5. The first-order valence-corrected chi connectivity index (χ1v) is 11.8. The van der Waals surface area contributed by atoms with Crippen molar-refractivity contribution in [2.24, 2.45) is 5.73 Å². The van der Waals surface area contributed by atoms with E-state index in [0.717, 1.165) is 11.3 Å². The van der Waals surface area contributed by atoms with E-state index in [1.165, 1.54) is 16.9 Å². The van der Waals surface area contributed by atoms with E-state index in [1.54, 1.807) is 31.6 Å². The monoisotopic (exact) mass is 521 g/mol. The van der Waals surface area contributed by atoms with Gasteiger partial charge in [-0.3, -0.25) is 19.0 Å². The van der Waals surface area contributed by atoms with Crippen LogP contribution in [0.1, 0.15) is 53.1 Å². The molecule has 1 atom stereocenters. The molecule has 0 aliphatic carbocycles. The predicted octanol–water partition coefficient (Wildman–Crippen LogP) is 4.88. The molecule has 4 rings (SSSR count). The molecule has 4 aromatic rings. The Bertz CT molecular complexity index is 1460. The summed E-state index contributed by atoms with van der Waals surface area (Å²) in [6, 6.07) is 0.463. The molecule has 13 heteroatoms. The number of thiophene rings is 1. The molecule has 184 valence electrons. The summed E-state index contributed by atoms with van der Waals surface area (Å²) in [5.74, 6) is -1.32. The van der Waals surface area contributed by atoms with Crippen molar-refractivity contribution < 1.29 is 18.4 Å². The number of pyridine rings is 1. The van der Waals surface area contributed by atoms with Gasteiger partial charge in [-0.2, -0.15) is 10.2 Å². The van der Waals surface area contributed by atoms with Gasteiger partial charge in [0.2, 0.25) is 5.91 Å². The number of rotatable bonds is 7. The van der Waals surface area contributed by atoms with Gasteiger partial charge >= 0.3 is 0 Å². The summed E-state index contributed by atoms with van der Waals surface area (Å²) in [6.45, 7) is 7.56. The maximum absolute atomic E-state index is 13.7. The minimum absolute atomic E-state index is 0.00327. The van der Waals surface area contributed by atoms with Crippen LogP contribution in [0.5, 0.6) is 0 Å². The summed E-state index contributed by atoms with van der Waals surface area (Å²) in [6.07, 6.45) is 0.311. The van der Waals surface area contributed by atoms with Crippen molar-refractivity contribution in [3.8, 4) is 11.1 Å². The zero-order valence-electron chi connectivity index (χ0n) is 19.3. The van der Waals surface area contributed by atoms with Crippen LogP contribution in [0.3, 0.4) is 0 Å². The number of aromatic nitrogens is 5. The third kappa shape index (κ3) is 4.39. The van der Waals surface area contributed by atoms with E-state index >= 15 is 0 Å². The SMILES string of the molecule is CCn1cc(-c2cc(C(F)F)nc3sc(C(N)=O)c(NC(=O)C(C)n4ncc(Cl)c4C)c23)c(C)n1. The van der Waals surface area contributed by atoms with E-state index < -0.39 is 30.0 Å². The van der Waals surface area contributed by atoms with E-state index in [4.69, 9.17) is 17.3 Å². The molecule has 0 bridgehead atoms. The molecular formula is C22H22ClF2N7O2S. The number of anilines is 1. The lowest BCUT2D eigenvalue weighted by Gasteiger charge is -2.16. The maximum atomic E-state index is 13.7. The fraction of sp³-hybridized carbons (Fsp3) is 0.318. The second-order valence-electron chi connectivity index (χ2n) is 7.92. The predicted molar refractivity (Wildman–Crippen MR) is 130 cm³/mol. The number of nitrogens with zero attached hydrogens (tertiary/aromatic N) is 5. The number of nitrogens with two attached hydrogens (primary N) is 1. The molecule has 3 N–H and O–H groups in total. The van der Waals surface area contributed by atoms with Gasteiger partial charge in [0.1, 0.15) is 21.4 Å². The number of carbonyl (C=O) groups excluding carboxylic acids is 2. The number of nitrogens with one attached hydrogen (secondary N) is 1. The average molecular weight is 522 g/mol. The van der Waals surface area contributed by atoms with Gasteiger partial charge in [0, 0.05) is 23.7 Å². The Labute approximate surface area is 207 Å². The number of aryl methyl sites for hydroxylation is 2. The molecule has 0 radical (unpaired) electrons. The fourth-order valence-corrected chi connectivity index (χ4v) is 4.95. The molecular weight excluding hydrogens is 500 g/mol. The van der Waals surface area contributed by atoms with E-state index in [1.807, 2.05) is 6.92 Å². The number of halogens is 3. The highest BCUT2D eigenvalue weighted by molar-refractivity contribution is 7.21. The Hall–Kier alpha value is -3.38. The van der Waals surface area contributed by atoms with Gasteiger partial charge in [-0.05, 0) is 39.3 Å². The van der Waals surface area contributed by atoms with Crippen LogP contribution in [0.4, 0.5) is 14.5 Å². The molecule has 0 aliphatic heterocycles. The first kappa shape index (κ1) is 24.7. The number of fused-ring (bicyclic) bond motifs is 1. The summed E-state index contributed by atoms with van der Waals surface area (Å²) in [7, 11) is 0. The second-order valence-corrected chi connectivity index (χ2v) is 9.32. The summed E-state index contributed by atoms with van der Waals surface area (Å²) in [5, 5.41) is 12.0. The molecule has 0 fully saturated rings. The van der Waals surface area contributed by atoms with Crippen molar-refractivity contribution in [1.82, 2.24) is 24.5 Å². The van der Waals surface area contributed by atoms with E-state index in [0.29, 0.717) is 39.5 Å². The number of hydrogen-bond donors (Lipinski definition) is 2. The summed E-state index contributed by atoms with van der Waals surface area (Å²) in [5.41, 5.74) is 7.39. The van der Waals surface area contributed by atoms with E-state index in [-0.39, 0.29) is 15.4 Å². The highest BCUT2D eigenvalue weighted by atomic mass is 35.5. The molecule has 0 saturated carbocycles. The summed E-state index contributed by atoms with van der Waals surface area (Å²) >= 11 is 6.91. The molecule has 4 heterocycles. The lowest BCUT2D eigenvalue weighted by Crippen LogP contribution is -2.26. The van der Waals surface area contributed by atoms with Crippen molar-refractivity contribution in [1.29, 1.82) is 0 Å². The minimum atomic E-state index is -2.84. The Morgan fingerprint density at radius 3 is 2.54 bits per heavy atom. The molecule has 0 aromatic carbocycles. The minimum Gasteiger partial charge on any atom is -0.365 e. The van der Waals surface area contributed by atoms with Gasteiger partial charge in [0.05, 0.1) is 28.3 Å². The van der Waals surface area contributed by atoms with Crippen molar-refractivity contribution in [2.45, 2.75) is 46.7 Å². The van der Waals surface area contributed by atoms with Crippen LogP contribution in [0.25, 0.3) is 21.3 Å². The number of hydrogen-bond acceptors (Lipinski definition) is 6. The van der Waals surface area contributed by atoms with Crippen molar-refractivity contribution in [3.05, 3.63) is 45.4 Å². The Balaban J connectivity index is 1.93. The third-order valence-corrected chi connectivity index (χ3v) is 7.14. The molecule has 1 unspecified atom stereocenters. The van der Waals surface area contributed by atoms with Crippen LogP contribution in [0.15, 0.2) is 18.5 Å². The van der Waals surface area contributed by atoms with Crippen LogP contribution in [0.2, 0.25) is 5.02 Å². The van der Waals surface area contributed by atoms with Gasteiger partial charge in [-0.25, -0.2) is 13.8 Å². The number of alkyl halides is 2. The first-order valence-electron chi connectivity index (χ1n) is 10.6. The van der Waals surface area contributed by atoms with E-state index in [2.05, 4.69) is 20.5 Å². The molecule has 0 spiro atoms. The third-order valence-electron chi connectivity index (χ3n) is 5.67. The largest absolute Gasteiger partial charge is 0.365 e. The molecule has 2 amide bonds. The number of primary amides is 1. The van der Waals surface area contributed by atoms with Crippen LogP contribution in [-0.4, -0.2) is 36.4 Å². The Kier molecular flexibility index (Phi) is 6.60. The van der Waals surface area contributed by atoms with Gasteiger partial charge < -0.3 is 11.1 Å². The van der Waals surface area contributed by atoms with Crippen molar-refractivity contribution in [2.75, 3.05) is 5.32 Å². The molecule has 4 aromatic heterocycles. The standard InChI is InChI=1S/C22H22ClF2N7O2S/c1-5-31-8-13(9(2)30-31)12-6-15(19(24)25)28-22-16(12)17(18(35-22)20(26)33)29-21(34)11(4)32-10(3)14(23)7-27-32/h6-8,11,19H,5H2,1-4H3,(H2,26,33)(H,29,34). The highest BCUT2D eigenvalue weighted by Crippen LogP contribution is 2.43. The maximum Gasteiger partial charge on any atom is 0.280 e. The number of carbonyl (C=O) groups is 2. The fourth-order valence-electron chi connectivity index (χ4n) is 3.81. The van der Waals surface area contributed by atoms with E-state index in [9.17, 15) is 18.4 Å². The van der Waals surface area contributed by atoms with Gasteiger partial charge in [-0.15, -0.1) is 11.3 Å². The normalized spacial score (nSPS) is 12.5. The van der Waals surface area contributed by atoms with Gasteiger partial charge in [0.25, 0.3) is 12.3 Å². The molecule has 0 aliphatic rings. The highest BCUT2D eigenvalue weighted by Gasteiger charge is 2.28. The molecule has 35 heavy (non-hydrogen) atoms.